The van der Waals surface area contributed by atoms with Crippen LogP contribution in [0.15, 0.2) is 0 Å². The van der Waals surface area contributed by atoms with E-state index in [9.17, 15) is 14.4 Å². The molecule has 0 aromatic heterocycles. The fourth-order valence-electron chi connectivity index (χ4n) is 1.91. The minimum atomic E-state index is -1.24. The van der Waals surface area contributed by atoms with Gasteiger partial charge >= 0.3 is 35.5 Å². The predicted octanol–water partition coefficient (Wildman–Crippen LogP) is 0.923. The Balaban J connectivity index is 0. The maximum absolute atomic E-state index is 11.5. The second-order valence-electron chi connectivity index (χ2n) is 5.00. The number of rotatable bonds is 12. The molecule has 0 spiro atoms. The summed E-state index contributed by atoms with van der Waals surface area (Å²) in [5.74, 6) is -2.32. The first-order chi connectivity index (χ1) is 9.47. The SMILES string of the molecule is CCCCCCCCCC(=O)N[C@@H](CC(N)=O)C(=O)O.[NaH]. The molecule has 0 fully saturated rings. The molecule has 6 nitrogen and oxygen atoms in total. The third kappa shape index (κ3) is 14.1. The summed E-state index contributed by atoms with van der Waals surface area (Å²) in [6.45, 7) is 2.16. The number of nitrogens with two attached hydrogens (primary N) is 1. The van der Waals surface area contributed by atoms with Gasteiger partial charge in [0, 0.05) is 6.42 Å². The Morgan fingerprint density at radius 1 is 1.05 bits per heavy atom. The standard InChI is InChI=1S/C14H26N2O4.Na.H/c1-2-3-4-5-6-7-8-9-13(18)16-11(14(19)20)10-12(15)17;;/h11H,2-10H2,1H3,(H2,15,17)(H,16,18)(H,19,20);;/t11-;;/m0../s1. The van der Waals surface area contributed by atoms with Gasteiger partial charge in [-0.3, -0.25) is 9.59 Å². The van der Waals surface area contributed by atoms with Crippen molar-refractivity contribution in [2.24, 2.45) is 5.73 Å². The van der Waals surface area contributed by atoms with Crippen LogP contribution in [0.5, 0.6) is 0 Å². The third-order valence-electron chi connectivity index (χ3n) is 3.05. The Morgan fingerprint density at radius 3 is 2.05 bits per heavy atom. The molecule has 0 aromatic carbocycles. The van der Waals surface area contributed by atoms with E-state index in [1.807, 2.05) is 0 Å². The van der Waals surface area contributed by atoms with Crippen molar-refractivity contribution in [3.8, 4) is 0 Å². The van der Waals surface area contributed by atoms with E-state index in [0.29, 0.717) is 0 Å². The van der Waals surface area contributed by atoms with Crippen LogP contribution in [-0.4, -0.2) is 58.5 Å². The molecule has 0 unspecified atom stereocenters. The normalized spacial score (nSPS) is 11.3. The van der Waals surface area contributed by atoms with Gasteiger partial charge in [0.15, 0.2) is 0 Å². The number of primary amides is 1. The van der Waals surface area contributed by atoms with E-state index in [2.05, 4.69) is 12.2 Å². The van der Waals surface area contributed by atoms with Gasteiger partial charge in [0.1, 0.15) is 6.04 Å². The second kappa shape index (κ2) is 14.4. The number of carboxylic acid groups (broad SMARTS) is 1. The number of hydrogen-bond acceptors (Lipinski definition) is 3. The van der Waals surface area contributed by atoms with Crippen molar-refractivity contribution in [3.05, 3.63) is 0 Å². The van der Waals surface area contributed by atoms with Gasteiger partial charge in [0.2, 0.25) is 11.8 Å². The molecule has 0 saturated heterocycles. The van der Waals surface area contributed by atoms with Crippen LogP contribution in [0, 0.1) is 0 Å². The van der Waals surface area contributed by atoms with Crippen LogP contribution in [0.4, 0.5) is 0 Å². The van der Waals surface area contributed by atoms with E-state index in [1.54, 1.807) is 0 Å². The average molecular weight is 310 g/mol. The number of hydrogen-bond donors (Lipinski definition) is 3. The van der Waals surface area contributed by atoms with Crippen LogP contribution in [-0.2, 0) is 14.4 Å². The molecule has 21 heavy (non-hydrogen) atoms. The fraction of sp³-hybridized carbons (Fsp3) is 0.786. The van der Waals surface area contributed by atoms with Gasteiger partial charge in [-0.15, -0.1) is 0 Å². The molecule has 7 heteroatoms. The average Bonchev–Trinajstić information content (AvgIpc) is 2.36. The number of carbonyl (C=O) groups is 3. The van der Waals surface area contributed by atoms with Crippen LogP contribution in [0.25, 0.3) is 0 Å². The summed E-state index contributed by atoms with van der Waals surface area (Å²) in [5.41, 5.74) is 4.93. The van der Waals surface area contributed by atoms with Crippen LogP contribution in [0.1, 0.15) is 64.7 Å². The summed E-state index contributed by atoms with van der Waals surface area (Å²) < 4.78 is 0. The first kappa shape index (κ1) is 22.7. The number of aliphatic carboxylic acids is 1. The molecule has 118 valence electrons. The number of nitrogens with one attached hydrogen (secondary N) is 1. The monoisotopic (exact) mass is 310 g/mol. The zero-order valence-electron chi connectivity index (χ0n) is 12.2. The minimum absolute atomic E-state index is 0. The van der Waals surface area contributed by atoms with Crippen molar-refractivity contribution in [1.82, 2.24) is 5.32 Å². The van der Waals surface area contributed by atoms with E-state index in [0.717, 1.165) is 19.3 Å². The molecule has 0 aliphatic carbocycles. The molecule has 0 aromatic rings. The molecule has 0 saturated carbocycles. The Morgan fingerprint density at radius 2 is 1.57 bits per heavy atom. The van der Waals surface area contributed by atoms with Crippen LogP contribution >= 0.6 is 0 Å². The van der Waals surface area contributed by atoms with Gasteiger partial charge < -0.3 is 16.2 Å². The molecular formula is C14H27N2NaO4. The van der Waals surface area contributed by atoms with Gasteiger partial charge in [-0.1, -0.05) is 45.4 Å². The molecule has 0 radical (unpaired) electrons. The first-order valence-electron chi connectivity index (χ1n) is 7.27. The first-order valence-corrected chi connectivity index (χ1v) is 7.27. The maximum atomic E-state index is 11.5. The summed E-state index contributed by atoms with van der Waals surface area (Å²) in [4.78, 5) is 33.1. The van der Waals surface area contributed by atoms with Crippen molar-refractivity contribution in [2.75, 3.05) is 0 Å². The predicted molar refractivity (Wildman–Crippen MR) is 83.1 cm³/mol. The summed E-state index contributed by atoms with van der Waals surface area (Å²) in [7, 11) is 0. The summed E-state index contributed by atoms with van der Waals surface area (Å²) in [5, 5.41) is 11.2. The Bertz CT molecular complexity index is 324. The molecule has 0 bridgehead atoms. The second-order valence-corrected chi connectivity index (χ2v) is 5.00. The number of amides is 2. The van der Waals surface area contributed by atoms with Crippen LogP contribution in [0.2, 0.25) is 0 Å². The number of carbonyl (C=O) groups excluding carboxylic acids is 2. The molecule has 0 aliphatic rings. The zero-order chi connectivity index (χ0) is 15.4. The number of unbranched alkanes of at least 4 members (excludes halogenated alkanes) is 6. The van der Waals surface area contributed by atoms with Crippen molar-refractivity contribution in [3.63, 3.8) is 0 Å². The van der Waals surface area contributed by atoms with Crippen LogP contribution < -0.4 is 11.1 Å². The summed E-state index contributed by atoms with van der Waals surface area (Å²) in [6, 6.07) is -1.22. The third-order valence-corrected chi connectivity index (χ3v) is 3.05. The van der Waals surface area contributed by atoms with Gasteiger partial charge in [0.05, 0.1) is 6.42 Å². The topological polar surface area (TPSA) is 109 Å². The van der Waals surface area contributed by atoms with Crippen molar-refractivity contribution >= 4 is 47.3 Å². The van der Waals surface area contributed by atoms with E-state index in [-0.39, 0.29) is 48.3 Å². The molecule has 1 atom stereocenters. The summed E-state index contributed by atoms with van der Waals surface area (Å²) >= 11 is 0. The van der Waals surface area contributed by atoms with E-state index in [1.165, 1.54) is 25.7 Å². The van der Waals surface area contributed by atoms with Crippen molar-refractivity contribution in [2.45, 2.75) is 70.8 Å². The molecule has 2 amide bonds. The Labute approximate surface area is 148 Å². The van der Waals surface area contributed by atoms with Crippen molar-refractivity contribution < 1.29 is 19.5 Å². The van der Waals surface area contributed by atoms with Gasteiger partial charge in [0.25, 0.3) is 0 Å². The molecule has 0 rings (SSSR count). The molecule has 0 heterocycles. The van der Waals surface area contributed by atoms with Crippen molar-refractivity contribution in [1.29, 1.82) is 0 Å². The van der Waals surface area contributed by atoms with E-state index < -0.39 is 17.9 Å². The molecular weight excluding hydrogens is 283 g/mol. The Kier molecular flexibility index (Phi) is 15.5. The summed E-state index contributed by atoms with van der Waals surface area (Å²) in [6.07, 6.45) is 7.56. The quantitative estimate of drug-likeness (QED) is 0.368. The Hall–Kier alpha value is -0.590. The molecule has 0 aliphatic heterocycles. The zero-order valence-corrected chi connectivity index (χ0v) is 12.2. The van der Waals surface area contributed by atoms with Gasteiger partial charge in [-0.2, -0.15) is 0 Å². The van der Waals surface area contributed by atoms with Crippen LogP contribution in [0.3, 0.4) is 0 Å². The van der Waals surface area contributed by atoms with Gasteiger partial charge in [-0.25, -0.2) is 4.79 Å². The van der Waals surface area contributed by atoms with Gasteiger partial charge in [-0.05, 0) is 6.42 Å². The fourth-order valence-corrected chi connectivity index (χ4v) is 1.91. The van der Waals surface area contributed by atoms with E-state index in [4.69, 9.17) is 10.8 Å². The molecule has 4 N–H and O–H groups in total. The van der Waals surface area contributed by atoms with E-state index >= 15 is 0 Å². The number of carboxylic acids is 1.